The van der Waals surface area contributed by atoms with Crippen molar-refractivity contribution >= 4 is 40.4 Å². The Morgan fingerprint density at radius 3 is 2.48 bits per heavy atom. The first-order chi connectivity index (χ1) is 15.1. The number of benzene rings is 3. The number of carbonyl (C=O) groups is 1. The van der Waals surface area contributed by atoms with Crippen molar-refractivity contribution in [2.24, 2.45) is 0 Å². The van der Waals surface area contributed by atoms with Crippen molar-refractivity contribution in [1.82, 2.24) is 9.55 Å². The first-order valence-electron chi connectivity index (χ1n) is 9.80. The molecule has 158 valence electrons. The molecule has 0 fully saturated rings. The number of methoxy groups -OCH3 is 1. The van der Waals surface area contributed by atoms with E-state index in [4.69, 9.17) is 26.1 Å². The summed E-state index contributed by atoms with van der Waals surface area (Å²) in [7, 11) is 1.38. The van der Waals surface area contributed by atoms with E-state index in [-0.39, 0.29) is 5.97 Å². The molecule has 0 amide bonds. The van der Waals surface area contributed by atoms with Gasteiger partial charge in [0.25, 0.3) is 0 Å². The quantitative estimate of drug-likeness (QED) is 0.248. The molecule has 0 spiro atoms. The van der Waals surface area contributed by atoms with Gasteiger partial charge in [0.15, 0.2) is 5.16 Å². The molecule has 0 saturated heterocycles. The van der Waals surface area contributed by atoms with Crippen LogP contribution in [-0.2, 0) is 10.5 Å². The SMILES string of the molecule is CCOc1ccc(-n2c(SCc3ccc(C(=O)OC)cc3)nc3ccc(Cl)cc32)cc1. The Labute approximate surface area is 190 Å². The molecule has 0 bridgehead atoms. The highest BCUT2D eigenvalue weighted by Crippen LogP contribution is 2.32. The van der Waals surface area contributed by atoms with Gasteiger partial charge in [0.1, 0.15) is 5.75 Å². The predicted molar refractivity (Wildman–Crippen MR) is 125 cm³/mol. The average Bonchev–Trinajstić information content (AvgIpc) is 3.15. The number of carbonyl (C=O) groups excluding carboxylic acids is 1. The topological polar surface area (TPSA) is 53.4 Å². The van der Waals surface area contributed by atoms with Crippen molar-refractivity contribution in [3.8, 4) is 11.4 Å². The standard InChI is InChI=1S/C24H21ClN2O3S/c1-3-30-20-11-9-19(10-12-20)27-22-14-18(25)8-13-21(22)26-24(27)31-15-16-4-6-17(7-5-16)23(28)29-2/h4-14H,3,15H2,1-2H3. The van der Waals surface area contributed by atoms with Crippen molar-refractivity contribution in [3.05, 3.63) is 82.9 Å². The summed E-state index contributed by atoms with van der Waals surface area (Å²) in [6.07, 6.45) is 0. The molecule has 5 nitrogen and oxygen atoms in total. The molecule has 0 radical (unpaired) electrons. The highest BCUT2D eigenvalue weighted by Gasteiger charge is 2.14. The van der Waals surface area contributed by atoms with E-state index in [1.165, 1.54) is 7.11 Å². The second-order valence-corrected chi connectivity index (χ2v) is 8.15. The van der Waals surface area contributed by atoms with Crippen molar-refractivity contribution in [2.75, 3.05) is 13.7 Å². The lowest BCUT2D eigenvalue weighted by molar-refractivity contribution is 0.0600. The minimum Gasteiger partial charge on any atom is -0.494 e. The molecule has 0 atom stereocenters. The number of esters is 1. The first kappa shape index (κ1) is 21.3. The second-order valence-electron chi connectivity index (χ2n) is 6.77. The van der Waals surface area contributed by atoms with Gasteiger partial charge in [-0.1, -0.05) is 35.5 Å². The van der Waals surface area contributed by atoms with E-state index < -0.39 is 0 Å². The average molecular weight is 453 g/mol. The molecule has 4 aromatic rings. The Balaban J connectivity index is 1.65. The monoisotopic (exact) mass is 452 g/mol. The maximum Gasteiger partial charge on any atom is 0.337 e. The summed E-state index contributed by atoms with van der Waals surface area (Å²) in [4.78, 5) is 16.5. The molecule has 0 aliphatic rings. The van der Waals surface area contributed by atoms with Crippen LogP contribution in [0.2, 0.25) is 5.02 Å². The predicted octanol–water partition coefficient (Wildman–Crippen LogP) is 6.16. The molecular formula is C24H21ClN2O3S. The Kier molecular flexibility index (Phi) is 6.49. The van der Waals surface area contributed by atoms with Gasteiger partial charge >= 0.3 is 5.97 Å². The van der Waals surface area contributed by atoms with Gasteiger partial charge in [-0.05, 0) is 67.1 Å². The summed E-state index contributed by atoms with van der Waals surface area (Å²) in [6, 6.07) is 21.1. The maximum absolute atomic E-state index is 11.6. The fourth-order valence-electron chi connectivity index (χ4n) is 3.23. The van der Waals surface area contributed by atoms with Gasteiger partial charge in [-0.2, -0.15) is 0 Å². The van der Waals surface area contributed by atoms with E-state index in [9.17, 15) is 4.79 Å². The lowest BCUT2D eigenvalue weighted by atomic mass is 10.1. The third-order valence-corrected chi connectivity index (χ3v) is 5.98. The molecule has 3 aromatic carbocycles. The highest BCUT2D eigenvalue weighted by molar-refractivity contribution is 7.98. The van der Waals surface area contributed by atoms with Crippen LogP contribution in [0.5, 0.6) is 5.75 Å². The number of halogens is 1. The molecule has 0 N–H and O–H groups in total. The number of rotatable bonds is 7. The first-order valence-corrected chi connectivity index (χ1v) is 11.2. The van der Waals surface area contributed by atoms with Crippen LogP contribution in [0.4, 0.5) is 0 Å². The molecule has 4 rings (SSSR count). The Hall–Kier alpha value is -2.96. The zero-order valence-corrected chi connectivity index (χ0v) is 18.7. The number of fused-ring (bicyclic) bond motifs is 1. The number of aromatic nitrogens is 2. The normalized spacial score (nSPS) is 10.9. The molecule has 0 unspecified atom stereocenters. The van der Waals surface area contributed by atoms with Crippen molar-refractivity contribution in [3.63, 3.8) is 0 Å². The number of hydrogen-bond donors (Lipinski definition) is 0. The van der Waals surface area contributed by atoms with Gasteiger partial charge in [0.2, 0.25) is 0 Å². The highest BCUT2D eigenvalue weighted by atomic mass is 35.5. The van der Waals surface area contributed by atoms with Crippen LogP contribution in [0.3, 0.4) is 0 Å². The third-order valence-electron chi connectivity index (χ3n) is 4.73. The molecule has 31 heavy (non-hydrogen) atoms. The Bertz CT molecular complexity index is 1200. The summed E-state index contributed by atoms with van der Waals surface area (Å²) in [5.41, 5.74) is 4.42. The van der Waals surface area contributed by atoms with Gasteiger partial charge in [0, 0.05) is 16.5 Å². The van der Waals surface area contributed by atoms with E-state index in [2.05, 4.69) is 4.57 Å². The molecule has 1 aromatic heterocycles. The van der Waals surface area contributed by atoms with Crippen LogP contribution in [0, 0.1) is 0 Å². The summed E-state index contributed by atoms with van der Waals surface area (Å²) < 4.78 is 12.4. The van der Waals surface area contributed by atoms with Crippen LogP contribution >= 0.6 is 23.4 Å². The number of nitrogens with zero attached hydrogens (tertiary/aromatic N) is 2. The molecule has 0 aliphatic carbocycles. The Morgan fingerprint density at radius 2 is 1.81 bits per heavy atom. The smallest absolute Gasteiger partial charge is 0.337 e. The van der Waals surface area contributed by atoms with Gasteiger partial charge in [-0.15, -0.1) is 0 Å². The largest absolute Gasteiger partial charge is 0.494 e. The lowest BCUT2D eigenvalue weighted by Gasteiger charge is -2.11. The van der Waals surface area contributed by atoms with Gasteiger partial charge in [-0.25, -0.2) is 9.78 Å². The summed E-state index contributed by atoms with van der Waals surface area (Å²) in [5, 5.41) is 1.52. The van der Waals surface area contributed by atoms with Crippen LogP contribution in [0.15, 0.2) is 71.9 Å². The maximum atomic E-state index is 11.6. The molecule has 0 aliphatic heterocycles. The number of imidazole rings is 1. The van der Waals surface area contributed by atoms with Gasteiger partial charge in [-0.3, -0.25) is 4.57 Å². The lowest BCUT2D eigenvalue weighted by Crippen LogP contribution is -2.01. The van der Waals surface area contributed by atoms with Gasteiger partial charge in [0.05, 0.1) is 30.3 Å². The van der Waals surface area contributed by atoms with E-state index in [1.807, 2.05) is 61.5 Å². The molecule has 7 heteroatoms. The van der Waals surface area contributed by atoms with Crippen LogP contribution < -0.4 is 4.74 Å². The fraction of sp³-hybridized carbons (Fsp3) is 0.167. The van der Waals surface area contributed by atoms with E-state index in [1.54, 1.807) is 23.9 Å². The van der Waals surface area contributed by atoms with Crippen molar-refractivity contribution in [1.29, 1.82) is 0 Å². The zero-order chi connectivity index (χ0) is 21.8. The summed E-state index contributed by atoms with van der Waals surface area (Å²) >= 11 is 7.90. The minimum absolute atomic E-state index is 0.339. The fourth-order valence-corrected chi connectivity index (χ4v) is 4.38. The molecule has 1 heterocycles. The molecule has 0 saturated carbocycles. The van der Waals surface area contributed by atoms with Crippen LogP contribution in [0.1, 0.15) is 22.8 Å². The number of ether oxygens (including phenoxy) is 2. The van der Waals surface area contributed by atoms with Crippen LogP contribution in [0.25, 0.3) is 16.7 Å². The number of hydrogen-bond acceptors (Lipinski definition) is 5. The molecular weight excluding hydrogens is 432 g/mol. The van der Waals surface area contributed by atoms with Crippen molar-refractivity contribution < 1.29 is 14.3 Å². The summed E-state index contributed by atoms with van der Waals surface area (Å²) in [6.45, 7) is 2.59. The summed E-state index contributed by atoms with van der Waals surface area (Å²) in [5.74, 6) is 1.19. The van der Waals surface area contributed by atoms with E-state index in [0.29, 0.717) is 22.9 Å². The van der Waals surface area contributed by atoms with Gasteiger partial charge < -0.3 is 9.47 Å². The van der Waals surface area contributed by atoms with Crippen LogP contribution in [-0.4, -0.2) is 29.2 Å². The van der Waals surface area contributed by atoms with Crippen molar-refractivity contribution in [2.45, 2.75) is 17.8 Å². The zero-order valence-electron chi connectivity index (χ0n) is 17.2. The Morgan fingerprint density at radius 1 is 1.06 bits per heavy atom. The number of thioether (sulfide) groups is 1. The minimum atomic E-state index is -0.339. The third kappa shape index (κ3) is 4.70. The van der Waals surface area contributed by atoms with E-state index >= 15 is 0 Å². The van der Waals surface area contributed by atoms with E-state index in [0.717, 1.165) is 33.2 Å². The second kappa shape index (κ2) is 9.45.